The van der Waals surface area contributed by atoms with E-state index in [9.17, 15) is 4.79 Å². The lowest BCUT2D eigenvalue weighted by Crippen LogP contribution is -2.14. The van der Waals surface area contributed by atoms with E-state index in [1.807, 2.05) is 0 Å². The van der Waals surface area contributed by atoms with Crippen molar-refractivity contribution in [3.05, 3.63) is 12.2 Å². The lowest BCUT2D eigenvalue weighted by molar-refractivity contribution is -0.132. The Labute approximate surface area is 83.8 Å². The summed E-state index contributed by atoms with van der Waals surface area (Å²) >= 11 is 0. The fraction of sp³-hybridized carbons (Fsp3) is 0.727. The van der Waals surface area contributed by atoms with Gasteiger partial charge in [-0.15, -0.1) is 0 Å². The summed E-state index contributed by atoms with van der Waals surface area (Å²) in [6, 6.07) is 0. The lowest BCUT2D eigenvalue weighted by atomic mass is 9.85. The Bertz CT molecular complexity index is 259. The maximum absolute atomic E-state index is 10.5. The first kappa shape index (κ1) is 9.71. The van der Waals surface area contributed by atoms with Crippen molar-refractivity contribution < 1.29 is 14.6 Å². The van der Waals surface area contributed by atoms with E-state index in [-0.39, 0.29) is 0 Å². The Morgan fingerprint density at radius 1 is 1.43 bits per heavy atom. The molecule has 0 aromatic rings. The maximum atomic E-state index is 10.5. The highest BCUT2D eigenvalue weighted by Crippen LogP contribution is 2.41. The number of aliphatic carboxylic acids is 1. The number of fused-ring (bicyclic) bond motifs is 1. The van der Waals surface area contributed by atoms with Gasteiger partial charge in [-0.2, -0.15) is 0 Å². The average molecular weight is 196 g/mol. The molecule has 1 aliphatic carbocycles. The molecule has 0 aromatic carbocycles. The Morgan fingerprint density at radius 2 is 2.21 bits per heavy atom. The molecule has 3 heteroatoms. The maximum Gasteiger partial charge on any atom is 0.330 e. The van der Waals surface area contributed by atoms with Crippen LogP contribution in [-0.2, 0) is 9.53 Å². The highest BCUT2D eigenvalue weighted by molar-refractivity contribution is 5.85. The van der Waals surface area contributed by atoms with Crippen molar-refractivity contribution in [2.45, 2.75) is 44.3 Å². The SMILES string of the molecule is C=C(CCC1CCC2OC2C1)C(=O)O. The van der Waals surface area contributed by atoms with Crippen molar-refractivity contribution in [2.24, 2.45) is 5.92 Å². The van der Waals surface area contributed by atoms with Gasteiger partial charge in [0.1, 0.15) is 0 Å². The van der Waals surface area contributed by atoms with Gasteiger partial charge in [-0.05, 0) is 38.0 Å². The molecule has 78 valence electrons. The Kier molecular flexibility index (Phi) is 2.59. The Morgan fingerprint density at radius 3 is 2.86 bits per heavy atom. The van der Waals surface area contributed by atoms with Crippen molar-refractivity contribution in [3.63, 3.8) is 0 Å². The van der Waals surface area contributed by atoms with Gasteiger partial charge in [0, 0.05) is 5.57 Å². The average Bonchev–Trinajstić information content (AvgIpc) is 2.91. The predicted molar refractivity (Wildman–Crippen MR) is 52.0 cm³/mol. The van der Waals surface area contributed by atoms with Gasteiger partial charge in [0.05, 0.1) is 12.2 Å². The molecule has 3 unspecified atom stereocenters. The number of rotatable bonds is 4. The second-order valence-corrected chi connectivity index (χ2v) is 4.34. The van der Waals surface area contributed by atoms with E-state index in [1.165, 1.54) is 6.42 Å². The predicted octanol–water partition coefficient (Wildman–Crippen LogP) is 1.97. The molecule has 1 saturated heterocycles. The molecule has 2 aliphatic rings. The summed E-state index contributed by atoms with van der Waals surface area (Å²) in [7, 11) is 0. The van der Waals surface area contributed by atoms with Crippen LogP contribution in [-0.4, -0.2) is 23.3 Å². The van der Waals surface area contributed by atoms with Crippen LogP contribution in [0.15, 0.2) is 12.2 Å². The van der Waals surface area contributed by atoms with Crippen molar-refractivity contribution in [2.75, 3.05) is 0 Å². The standard InChI is InChI=1S/C11H16O3/c1-7(11(12)13)2-3-8-4-5-9-10(6-8)14-9/h8-10H,1-6H2,(H,12,13). The summed E-state index contributed by atoms with van der Waals surface area (Å²) in [5, 5.41) is 8.65. The lowest BCUT2D eigenvalue weighted by Gasteiger charge is -2.18. The minimum absolute atomic E-state index is 0.337. The normalized spacial score (nSPS) is 34.7. The topological polar surface area (TPSA) is 49.8 Å². The molecule has 0 aromatic heterocycles. The van der Waals surface area contributed by atoms with Gasteiger partial charge in [-0.3, -0.25) is 0 Å². The van der Waals surface area contributed by atoms with E-state index in [4.69, 9.17) is 9.84 Å². The van der Waals surface area contributed by atoms with E-state index in [0.717, 1.165) is 19.3 Å². The van der Waals surface area contributed by atoms with Crippen LogP contribution < -0.4 is 0 Å². The number of hydrogen-bond donors (Lipinski definition) is 1. The van der Waals surface area contributed by atoms with Crippen LogP contribution >= 0.6 is 0 Å². The van der Waals surface area contributed by atoms with Crippen LogP contribution in [0, 0.1) is 5.92 Å². The fourth-order valence-corrected chi connectivity index (χ4v) is 2.23. The fourth-order valence-electron chi connectivity index (χ4n) is 2.23. The third-order valence-corrected chi connectivity index (χ3v) is 3.27. The minimum Gasteiger partial charge on any atom is -0.478 e. The van der Waals surface area contributed by atoms with Crippen LogP contribution in [0.5, 0.6) is 0 Å². The third-order valence-electron chi connectivity index (χ3n) is 3.27. The largest absolute Gasteiger partial charge is 0.478 e. The van der Waals surface area contributed by atoms with Gasteiger partial charge in [-0.1, -0.05) is 6.58 Å². The summed E-state index contributed by atoms with van der Waals surface area (Å²) in [6.45, 7) is 3.54. The van der Waals surface area contributed by atoms with Gasteiger partial charge >= 0.3 is 5.97 Å². The summed E-state index contributed by atoms with van der Waals surface area (Å²) < 4.78 is 5.42. The van der Waals surface area contributed by atoms with Gasteiger partial charge in [0.2, 0.25) is 0 Å². The Hall–Kier alpha value is -0.830. The monoisotopic (exact) mass is 196 g/mol. The van der Waals surface area contributed by atoms with Crippen molar-refractivity contribution in [1.29, 1.82) is 0 Å². The summed E-state index contributed by atoms with van der Waals surface area (Å²) in [5.74, 6) is -0.212. The van der Waals surface area contributed by atoms with E-state index >= 15 is 0 Å². The summed E-state index contributed by atoms with van der Waals surface area (Å²) in [6.07, 6.45) is 6.08. The number of carboxylic acids is 1. The molecule has 0 radical (unpaired) electrons. The second-order valence-electron chi connectivity index (χ2n) is 4.34. The molecule has 14 heavy (non-hydrogen) atoms. The van der Waals surface area contributed by atoms with E-state index in [0.29, 0.717) is 30.1 Å². The van der Waals surface area contributed by atoms with E-state index < -0.39 is 5.97 Å². The number of carbonyl (C=O) groups is 1. The van der Waals surface area contributed by atoms with Crippen LogP contribution in [0.2, 0.25) is 0 Å². The zero-order chi connectivity index (χ0) is 10.1. The minimum atomic E-state index is -0.860. The third kappa shape index (κ3) is 2.15. The Balaban J connectivity index is 1.70. The molecular weight excluding hydrogens is 180 g/mol. The zero-order valence-corrected chi connectivity index (χ0v) is 8.24. The highest BCUT2D eigenvalue weighted by Gasteiger charge is 2.43. The van der Waals surface area contributed by atoms with Crippen LogP contribution in [0.1, 0.15) is 32.1 Å². The van der Waals surface area contributed by atoms with Crippen molar-refractivity contribution >= 4 is 5.97 Å². The summed E-state index contributed by atoms with van der Waals surface area (Å²) in [4.78, 5) is 10.5. The number of epoxide rings is 1. The second kappa shape index (κ2) is 3.73. The molecule has 0 amide bonds. The van der Waals surface area contributed by atoms with E-state index in [2.05, 4.69) is 6.58 Å². The summed E-state index contributed by atoms with van der Waals surface area (Å²) in [5.41, 5.74) is 0.337. The first-order chi connectivity index (χ1) is 6.66. The van der Waals surface area contributed by atoms with Gasteiger partial charge < -0.3 is 9.84 Å². The molecule has 1 heterocycles. The first-order valence-electron chi connectivity index (χ1n) is 5.23. The highest BCUT2D eigenvalue weighted by atomic mass is 16.6. The number of carboxylic acid groups (broad SMARTS) is 1. The smallest absolute Gasteiger partial charge is 0.330 e. The van der Waals surface area contributed by atoms with Crippen molar-refractivity contribution in [1.82, 2.24) is 0 Å². The molecule has 0 bridgehead atoms. The number of hydrogen-bond acceptors (Lipinski definition) is 2. The quantitative estimate of drug-likeness (QED) is 0.552. The van der Waals surface area contributed by atoms with Crippen molar-refractivity contribution in [3.8, 4) is 0 Å². The molecule has 2 rings (SSSR count). The molecule has 0 spiro atoms. The molecule has 3 nitrogen and oxygen atoms in total. The molecule has 1 saturated carbocycles. The van der Waals surface area contributed by atoms with Crippen LogP contribution in [0.4, 0.5) is 0 Å². The first-order valence-corrected chi connectivity index (χ1v) is 5.23. The van der Waals surface area contributed by atoms with E-state index in [1.54, 1.807) is 0 Å². The van der Waals surface area contributed by atoms with Gasteiger partial charge in [-0.25, -0.2) is 4.79 Å². The van der Waals surface area contributed by atoms with Gasteiger partial charge in [0.15, 0.2) is 0 Å². The van der Waals surface area contributed by atoms with Crippen LogP contribution in [0.25, 0.3) is 0 Å². The molecule has 3 atom stereocenters. The molecule has 1 aliphatic heterocycles. The number of ether oxygens (including phenoxy) is 1. The zero-order valence-electron chi connectivity index (χ0n) is 8.24. The van der Waals surface area contributed by atoms with Crippen LogP contribution in [0.3, 0.4) is 0 Å². The molecule has 2 fully saturated rings. The van der Waals surface area contributed by atoms with Gasteiger partial charge in [0.25, 0.3) is 0 Å². The molecular formula is C11H16O3. The molecule has 1 N–H and O–H groups in total.